The maximum absolute atomic E-state index is 12.9. The van der Waals surface area contributed by atoms with E-state index < -0.39 is 0 Å². The van der Waals surface area contributed by atoms with Crippen molar-refractivity contribution in [2.45, 2.75) is 12.6 Å². The van der Waals surface area contributed by atoms with Crippen LogP contribution in [0.25, 0.3) is 10.2 Å². The van der Waals surface area contributed by atoms with Crippen molar-refractivity contribution in [2.24, 2.45) is 0 Å². The van der Waals surface area contributed by atoms with Crippen LogP contribution in [0.4, 0.5) is 9.18 Å². The summed E-state index contributed by atoms with van der Waals surface area (Å²) in [6.45, 7) is 1.44. The molecule has 3 aromatic rings. The summed E-state index contributed by atoms with van der Waals surface area (Å²) < 4.78 is 19.8. The van der Waals surface area contributed by atoms with Gasteiger partial charge in [0.1, 0.15) is 11.9 Å². The van der Waals surface area contributed by atoms with Gasteiger partial charge in [-0.1, -0.05) is 35.6 Å². The zero-order valence-corrected chi connectivity index (χ0v) is 14.1. The quantitative estimate of drug-likeness (QED) is 0.779. The summed E-state index contributed by atoms with van der Waals surface area (Å²) in [5.74, 6) is -0.285. The molecule has 2 aromatic carbocycles. The summed E-state index contributed by atoms with van der Waals surface area (Å²) in [7, 11) is 0. The minimum absolute atomic E-state index is 0.0304. The molecule has 0 radical (unpaired) electrons. The molecule has 1 aromatic heterocycles. The van der Waals surface area contributed by atoms with Gasteiger partial charge in [0.15, 0.2) is 0 Å². The van der Waals surface area contributed by atoms with E-state index >= 15 is 0 Å². The lowest BCUT2D eigenvalue weighted by atomic mass is 10.2. The Balaban J connectivity index is 1.25. The third-order valence-corrected chi connectivity index (χ3v) is 4.96. The minimum atomic E-state index is -0.285. The largest absolute Gasteiger partial charge is 0.463 e. The summed E-state index contributed by atoms with van der Waals surface area (Å²) >= 11 is 1.51. The molecule has 2 heterocycles. The van der Waals surface area contributed by atoms with Crippen LogP contribution in [-0.2, 0) is 6.54 Å². The van der Waals surface area contributed by atoms with Gasteiger partial charge in [-0.15, -0.1) is 0 Å². The molecule has 0 spiro atoms. The van der Waals surface area contributed by atoms with Gasteiger partial charge in [0.05, 0.1) is 23.3 Å². The molecule has 0 aliphatic carbocycles. The Morgan fingerprint density at radius 1 is 1.24 bits per heavy atom. The van der Waals surface area contributed by atoms with Crippen molar-refractivity contribution < 1.29 is 13.9 Å². The van der Waals surface area contributed by atoms with Crippen LogP contribution in [0.15, 0.2) is 48.5 Å². The van der Waals surface area contributed by atoms with E-state index in [1.165, 1.54) is 23.5 Å². The zero-order chi connectivity index (χ0) is 17.2. The number of carbonyl (C=O) groups excluding carboxylic acids is 1. The van der Waals surface area contributed by atoms with Crippen LogP contribution in [-0.4, -0.2) is 35.1 Å². The number of amides is 2. The number of fused-ring (bicyclic) bond motifs is 1. The van der Waals surface area contributed by atoms with E-state index in [0.717, 1.165) is 15.8 Å². The van der Waals surface area contributed by atoms with Crippen molar-refractivity contribution in [2.75, 3.05) is 13.1 Å². The first kappa shape index (κ1) is 15.8. The first-order valence-corrected chi connectivity index (χ1v) is 8.78. The number of likely N-dealkylation sites (tertiary alicyclic amines) is 1. The van der Waals surface area contributed by atoms with E-state index in [1.54, 1.807) is 17.0 Å². The SMILES string of the molecule is O=C(NCc1ccc(F)cc1)N1CC(Oc2nc3ccccc3s2)C1. The lowest BCUT2D eigenvalue weighted by Crippen LogP contribution is -2.58. The van der Waals surface area contributed by atoms with Gasteiger partial charge in [-0.2, -0.15) is 0 Å². The number of nitrogens with zero attached hydrogens (tertiary/aromatic N) is 2. The van der Waals surface area contributed by atoms with Gasteiger partial charge in [-0.05, 0) is 29.8 Å². The number of urea groups is 1. The zero-order valence-electron chi connectivity index (χ0n) is 13.3. The number of para-hydroxylation sites is 1. The monoisotopic (exact) mass is 357 g/mol. The Morgan fingerprint density at radius 3 is 2.76 bits per heavy atom. The third kappa shape index (κ3) is 3.56. The van der Waals surface area contributed by atoms with Crippen LogP contribution in [0.1, 0.15) is 5.56 Å². The summed E-state index contributed by atoms with van der Waals surface area (Å²) in [6.07, 6.45) is -0.0304. The maximum atomic E-state index is 12.9. The smallest absolute Gasteiger partial charge is 0.317 e. The number of aromatic nitrogens is 1. The van der Waals surface area contributed by atoms with Crippen LogP contribution in [0.5, 0.6) is 5.19 Å². The van der Waals surface area contributed by atoms with Crippen LogP contribution >= 0.6 is 11.3 Å². The molecule has 0 saturated carbocycles. The van der Waals surface area contributed by atoms with Gasteiger partial charge < -0.3 is 15.0 Å². The molecule has 5 nitrogen and oxygen atoms in total. The van der Waals surface area contributed by atoms with E-state index in [0.29, 0.717) is 24.8 Å². The number of carbonyl (C=O) groups is 1. The van der Waals surface area contributed by atoms with Crippen molar-refractivity contribution in [3.63, 3.8) is 0 Å². The molecule has 1 aliphatic rings. The first-order chi connectivity index (χ1) is 12.2. The van der Waals surface area contributed by atoms with Crippen LogP contribution in [0, 0.1) is 5.82 Å². The maximum Gasteiger partial charge on any atom is 0.317 e. The van der Waals surface area contributed by atoms with Crippen LogP contribution in [0.2, 0.25) is 0 Å². The molecular formula is C18H16FN3O2S. The lowest BCUT2D eigenvalue weighted by Gasteiger charge is -2.38. The number of hydrogen-bond acceptors (Lipinski definition) is 4. The predicted molar refractivity (Wildman–Crippen MR) is 94.2 cm³/mol. The Hall–Kier alpha value is -2.67. The van der Waals surface area contributed by atoms with E-state index in [4.69, 9.17) is 4.74 Å². The number of ether oxygens (including phenoxy) is 1. The van der Waals surface area contributed by atoms with E-state index in [1.807, 2.05) is 24.3 Å². The molecule has 0 atom stereocenters. The van der Waals surface area contributed by atoms with E-state index in [9.17, 15) is 9.18 Å². The average Bonchev–Trinajstić information content (AvgIpc) is 2.99. The summed E-state index contributed by atoms with van der Waals surface area (Å²) in [5, 5.41) is 3.46. The van der Waals surface area contributed by atoms with Crippen molar-refractivity contribution >= 4 is 27.6 Å². The summed E-state index contributed by atoms with van der Waals surface area (Å²) in [6, 6.07) is 13.8. The van der Waals surface area contributed by atoms with Gasteiger partial charge in [-0.3, -0.25) is 0 Å². The molecule has 0 unspecified atom stereocenters. The Kier molecular flexibility index (Phi) is 4.23. The number of benzene rings is 2. The fourth-order valence-corrected chi connectivity index (χ4v) is 3.50. The van der Waals surface area contributed by atoms with Crippen LogP contribution in [0.3, 0.4) is 0 Å². The van der Waals surface area contributed by atoms with Gasteiger partial charge in [0, 0.05) is 6.54 Å². The fourth-order valence-electron chi connectivity index (χ4n) is 2.61. The number of halogens is 1. The van der Waals surface area contributed by atoms with Gasteiger partial charge in [0.2, 0.25) is 0 Å². The van der Waals surface area contributed by atoms with Crippen molar-refractivity contribution in [3.8, 4) is 5.19 Å². The highest BCUT2D eigenvalue weighted by Gasteiger charge is 2.32. The Labute approximate surface area is 148 Å². The highest BCUT2D eigenvalue weighted by molar-refractivity contribution is 7.20. The molecule has 128 valence electrons. The van der Waals surface area contributed by atoms with Crippen molar-refractivity contribution in [1.29, 1.82) is 0 Å². The molecule has 4 rings (SSSR count). The number of nitrogens with one attached hydrogen (secondary N) is 1. The van der Waals surface area contributed by atoms with Gasteiger partial charge >= 0.3 is 6.03 Å². The van der Waals surface area contributed by atoms with E-state index in [2.05, 4.69) is 10.3 Å². The second-order valence-corrected chi connectivity index (χ2v) is 6.87. The average molecular weight is 357 g/mol. The van der Waals surface area contributed by atoms with Crippen LogP contribution < -0.4 is 10.1 Å². The predicted octanol–water partition coefficient (Wildman–Crippen LogP) is 3.41. The Morgan fingerprint density at radius 2 is 2.00 bits per heavy atom. The molecule has 1 N–H and O–H groups in total. The van der Waals surface area contributed by atoms with E-state index in [-0.39, 0.29) is 18.0 Å². The molecule has 1 saturated heterocycles. The summed E-state index contributed by atoms with van der Waals surface area (Å²) in [4.78, 5) is 18.2. The van der Waals surface area contributed by atoms with Crippen molar-refractivity contribution in [3.05, 3.63) is 59.9 Å². The molecule has 25 heavy (non-hydrogen) atoms. The van der Waals surface area contributed by atoms with Gasteiger partial charge in [0.25, 0.3) is 5.19 Å². The molecule has 1 aliphatic heterocycles. The fraction of sp³-hybridized carbons (Fsp3) is 0.222. The third-order valence-electron chi connectivity index (χ3n) is 4.03. The topological polar surface area (TPSA) is 54.5 Å². The second kappa shape index (κ2) is 6.68. The normalized spacial score (nSPS) is 14.4. The minimum Gasteiger partial charge on any atom is -0.463 e. The molecule has 2 amide bonds. The van der Waals surface area contributed by atoms with Crippen molar-refractivity contribution in [1.82, 2.24) is 15.2 Å². The first-order valence-electron chi connectivity index (χ1n) is 7.97. The second-order valence-electron chi connectivity index (χ2n) is 5.88. The highest BCUT2D eigenvalue weighted by Crippen LogP contribution is 2.29. The lowest BCUT2D eigenvalue weighted by molar-refractivity contribution is 0.0443. The standard InChI is InChI=1S/C18H16FN3O2S/c19-13-7-5-12(6-8-13)9-20-17(23)22-10-14(11-22)24-18-21-15-3-1-2-4-16(15)25-18/h1-8,14H,9-11H2,(H,20,23). The highest BCUT2D eigenvalue weighted by atomic mass is 32.1. The number of hydrogen-bond donors (Lipinski definition) is 1. The Bertz CT molecular complexity index is 858. The summed E-state index contributed by atoms with van der Waals surface area (Å²) in [5.41, 5.74) is 1.79. The molecule has 7 heteroatoms. The molecule has 1 fully saturated rings. The molecule has 0 bridgehead atoms. The van der Waals surface area contributed by atoms with Gasteiger partial charge in [-0.25, -0.2) is 14.2 Å². The number of rotatable bonds is 4. The molecular weight excluding hydrogens is 341 g/mol. The number of thiazole rings is 1.